The first-order chi connectivity index (χ1) is 10.6. The van der Waals surface area contributed by atoms with Crippen LogP contribution in [-0.4, -0.2) is 21.2 Å². The topological polar surface area (TPSA) is 46.9 Å². The van der Waals surface area contributed by atoms with E-state index in [1.54, 1.807) is 0 Å². The molecular weight excluding hydrogens is 409 g/mol. The van der Waals surface area contributed by atoms with Crippen LogP contribution in [0.3, 0.4) is 0 Å². The van der Waals surface area contributed by atoms with Crippen LogP contribution in [0, 0.1) is 3.57 Å². The normalized spacial score (nSPS) is 10.8. The van der Waals surface area contributed by atoms with E-state index in [1.807, 2.05) is 60.1 Å². The lowest BCUT2D eigenvalue weighted by Gasteiger charge is -2.07. The fourth-order valence-electron chi connectivity index (χ4n) is 2.13. The molecule has 0 radical (unpaired) electrons. The largest absolute Gasteiger partial charge is 0.324 e. The van der Waals surface area contributed by atoms with Gasteiger partial charge >= 0.3 is 0 Å². The number of fused-ring (bicyclic) bond motifs is 1. The molecule has 4 nitrogen and oxygen atoms in total. The first kappa shape index (κ1) is 15.4. The van der Waals surface area contributed by atoms with Crippen molar-refractivity contribution in [2.75, 3.05) is 11.1 Å². The van der Waals surface area contributed by atoms with Crippen molar-refractivity contribution in [1.82, 2.24) is 9.55 Å². The first-order valence-corrected chi connectivity index (χ1v) is 8.80. The molecule has 1 amide bonds. The number of nitrogens with one attached hydrogen (secondary N) is 1. The molecule has 1 heterocycles. The number of carbonyl (C=O) groups excluding carboxylic acids is 1. The second-order valence-electron chi connectivity index (χ2n) is 4.76. The third-order valence-corrected chi connectivity index (χ3v) is 5.20. The van der Waals surface area contributed by atoms with Crippen molar-refractivity contribution in [3.05, 3.63) is 52.1 Å². The highest BCUT2D eigenvalue weighted by Crippen LogP contribution is 2.23. The van der Waals surface area contributed by atoms with Gasteiger partial charge in [-0.25, -0.2) is 4.98 Å². The van der Waals surface area contributed by atoms with Crippen LogP contribution in [0.15, 0.2) is 53.7 Å². The van der Waals surface area contributed by atoms with Crippen LogP contribution in [0.1, 0.15) is 0 Å². The number of imidazole rings is 1. The standard InChI is InChI=1S/C16H14IN3OS/c1-20-14-9-5-4-8-13(14)19-16(20)22-10-15(21)18-12-7-3-2-6-11(12)17/h2-9H,10H2,1H3,(H,18,21). The van der Waals surface area contributed by atoms with Crippen molar-refractivity contribution in [2.45, 2.75) is 5.16 Å². The van der Waals surface area contributed by atoms with Gasteiger partial charge in [-0.1, -0.05) is 36.0 Å². The number of para-hydroxylation sites is 3. The summed E-state index contributed by atoms with van der Waals surface area (Å²) in [5, 5.41) is 3.78. The quantitative estimate of drug-likeness (QED) is 0.512. The Balaban J connectivity index is 1.68. The summed E-state index contributed by atoms with van der Waals surface area (Å²) in [7, 11) is 1.97. The molecule has 6 heteroatoms. The third kappa shape index (κ3) is 3.27. The zero-order valence-corrected chi connectivity index (χ0v) is 14.9. The number of amides is 1. The van der Waals surface area contributed by atoms with Gasteiger partial charge in [0.05, 0.1) is 22.5 Å². The Hall–Kier alpha value is -1.54. The summed E-state index contributed by atoms with van der Waals surface area (Å²) in [5.41, 5.74) is 2.87. The molecule has 2 aromatic carbocycles. The number of benzene rings is 2. The Labute approximate surface area is 146 Å². The molecule has 0 aliphatic rings. The highest BCUT2D eigenvalue weighted by Gasteiger charge is 2.11. The van der Waals surface area contributed by atoms with Gasteiger partial charge in [0.25, 0.3) is 0 Å². The molecule has 1 aromatic heterocycles. The maximum atomic E-state index is 12.1. The van der Waals surface area contributed by atoms with Gasteiger partial charge in [-0.15, -0.1) is 0 Å². The molecule has 0 atom stereocenters. The van der Waals surface area contributed by atoms with Gasteiger partial charge in [0, 0.05) is 10.6 Å². The lowest BCUT2D eigenvalue weighted by molar-refractivity contribution is -0.113. The molecule has 0 aliphatic heterocycles. The van der Waals surface area contributed by atoms with E-state index in [0.717, 1.165) is 25.4 Å². The Morgan fingerprint density at radius 2 is 1.95 bits per heavy atom. The SMILES string of the molecule is Cn1c(SCC(=O)Nc2ccccc2I)nc2ccccc21. The highest BCUT2D eigenvalue weighted by molar-refractivity contribution is 14.1. The van der Waals surface area contributed by atoms with Crippen LogP contribution in [0.4, 0.5) is 5.69 Å². The second-order valence-corrected chi connectivity index (χ2v) is 6.86. The van der Waals surface area contributed by atoms with E-state index in [1.165, 1.54) is 11.8 Å². The van der Waals surface area contributed by atoms with E-state index in [4.69, 9.17) is 0 Å². The summed E-state index contributed by atoms with van der Waals surface area (Å²) in [6.45, 7) is 0. The number of hydrogen-bond acceptors (Lipinski definition) is 3. The number of halogens is 1. The maximum Gasteiger partial charge on any atom is 0.234 e. The van der Waals surface area contributed by atoms with Gasteiger partial charge in [-0.2, -0.15) is 0 Å². The first-order valence-electron chi connectivity index (χ1n) is 6.74. The van der Waals surface area contributed by atoms with E-state index in [9.17, 15) is 4.79 Å². The van der Waals surface area contributed by atoms with Gasteiger partial charge in [0.15, 0.2) is 5.16 Å². The van der Waals surface area contributed by atoms with E-state index < -0.39 is 0 Å². The van der Waals surface area contributed by atoms with Gasteiger partial charge in [0.2, 0.25) is 5.91 Å². The molecule has 3 aromatic rings. The number of aryl methyl sites for hydroxylation is 1. The van der Waals surface area contributed by atoms with Crippen molar-refractivity contribution in [3.8, 4) is 0 Å². The van der Waals surface area contributed by atoms with E-state index in [2.05, 4.69) is 32.9 Å². The second kappa shape index (κ2) is 6.70. The van der Waals surface area contributed by atoms with Crippen molar-refractivity contribution in [2.24, 2.45) is 7.05 Å². The van der Waals surface area contributed by atoms with Crippen molar-refractivity contribution >= 4 is 57.0 Å². The van der Waals surface area contributed by atoms with Gasteiger partial charge in [-0.3, -0.25) is 4.79 Å². The van der Waals surface area contributed by atoms with Crippen LogP contribution in [0.2, 0.25) is 0 Å². The Kier molecular flexibility index (Phi) is 4.68. The molecule has 0 aliphatic carbocycles. The molecule has 3 rings (SSSR count). The van der Waals surface area contributed by atoms with Gasteiger partial charge in [-0.05, 0) is 46.9 Å². The average Bonchev–Trinajstić information content (AvgIpc) is 2.84. The van der Waals surface area contributed by atoms with Crippen molar-refractivity contribution < 1.29 is 4.79 Å². The Morgan fingerprint density at radius 3 is 2.73 bits per heavy atom. The molecular formula is C16H14IN3OS. The Morgan fingerprint density at radius 1 is 1.23 bits per heavy atom. The highest BCUT2D eigenvalue weighted by atomic mass is 127. The third-order valence-electron chi connectivity index (χ3n) is 3.23. The van der Waals surface area contributed by atoms with Crippen molar-refractivity contribution in [3.63, 3.8) is 0 Å². The number of thioether (sulfide) groups is 1. The van der Waals surface area contributed by atoms with Gasteiger partial charge in [0.1, 0.15) is 0 Å². The van der Waals surface area contributed by atoms with Crippen LogP contribution < -0.4 is 5.32 Å². The van der Waals surface area contributed by atoms with Crippen LogP contribution in [0.5, 0.6) is 0 Å². The number of nitrogens with zero attached hydrogens (tertiary/aromatic N) is 2. The van der Waals surface area contributed by atoms with Crippen LogP contribution in [0.25, 0.3) is 11.0 Å². The summed E-state index contributed by atoms with van der Waals surface area (Å²) >= 11 is 3.65. The molecule has 22 heavy (non-hydrogen) atoms. The predicted octanol–water partition coefficient (Wildman–Crippen LogP) is 3.91. The van der Waals surface area contributed by atoms with E-state index in [0.29, 0.717) is 5.75 Å². The number of carbonyl (C=O) groups is 1. The summed E-state index contributed by atoms with van der Waals surface area (Å²) < 4.78 is 3.04. The lowest BCUT2D eigenvalue weighted by atomic mass is 10.3. The molecule has 0 saturated carbocycles. The molecule has 0 unspecified atom stereocenters. The monoisotopic (exact) mass is 423 g/mol. The molecule has 0 saturated heterocycles. The van der Waals surface area contributed by atoms with Gasteiger partial charge < -0.3 is 9.88 Å². The lowest BCUT2D eigenvalue weighted by Crippen LogP contribution is -2.15. The summed E-state index contributed by atoms with van der Waals surface area (Å²) in [6.07, 6.45) is 0. The zero-order valence-electron chi connectivity index (χ0n) is 11.9. The minimum Gasteiger partial charge on any atom is -0.324 e. The van der Waals surface area contributed by atoms with Crippen LogP contribution >= 0.6 is 34.4 Å². The molecule has 0 bridgehead atoms. The number of rotatable bonds is 4. The van der Waals surface area contributed by atoms with E-state index >= 15 is 0 Å². The van der Waals surface area contributed by atoms with Crippen LogP contribution in [-0.2, 0) is 11.8 Å². The van der Waals surface area contributed by atoms with Crippen molar-refractivity contribution in [1.29, 1.82) is 0 Å². The summed E-state index contributed by atoms with van der Waals surface area (Å²) in [5.74, 6) is 0.309. The summed E-state index contributed by atoms with van der Waals surface area (Å²) in [6, 6.07) is 15.7. The Bertz CT molecular complexity index is 831. The summed E-state index contributed by atoms with van der Waals surface area (Å²) in [4.78, 5) is 16.6. The molecule has 112 valence electrons. The van der Waals surface area contributed by atoms with E-state index in [-0.39, 0.29) is 5.91 Å². The fourth-order valence-corrected chi connectivity index (χ4v) is 3.44. The average molecular weight is 423 g/mol. The predicted molar refractivity (Wildman–Crippen MR) is 99.2 cm³/mol. The number of anilines is 1. The zero-order chi connectivity index (χ0) is 15.5. The maximum absolute atomic E-state index is 12.1. The number of hydrogen-bond donors (Lipinski definition) is 1. The molecule has 1 N–H and O–H groups in total. The smallest absolute Gasteiger partial charge is 0.234 e. The number of aromatic nitrogens is 2. The fraction of sp³-hybridized carbons (Fsp3) is 0.125. The minimum absolute atomic E-state index is 0.0267. The molecule has 0 spiro atoms. The minimum atomic E-state index is -0.0267. The molecule has 0 fully saturated rings.